The number of benzene rings is 3. The molecule has 3 aromatic carbocycles. The zero-order valence-corrected chi connectivity index (χ0v) is 19.9. The molecule has 3 aromatic rings. The van der Waals surface area contributed by atoms with Gasteiger partial charge >= 0.3 is 0 Å². The predicted octanol–water partition coefficient (Wildman–Crippen LogP) is 7.04. The summed E-state index contributed by atoms with van der Waals surface area (Å²) in [5.74, 6) is 0.173. The first-order chi connectivity index (χ1) is 15.2. The van der Waals surface area contributed by atoms with E-state index in [-0.39, 0.29) is 24.1 Å². The Balaban J connectivity index is 1.76. The van der Waals surface area contributed by atoms with Gasteiger partial charge in [0.1, 0.15) is 17.3 Å². The maximum absolute atomic E-state index is 13.1. The van der Waals surface area contributed by atoms with E-state index < -0.39 is 7.37 Å². The molecule has 32 heavy (non-hydrogen) atoms. The number of ether oxygens (including phenoxy) is 1. The van der Waals surface area contributed by atoms with Crippen LogP contribution < -0.4 is 4.74 Å². The van der Waals surface area contributed by atoms with Crippen molar-refractivity contribution in [3.63, 3.8) is 0 Å². The standard InChI is InChI=1S/C24H24Cl2FO4P/c1-2-9-32(29,30)15-31-20-13-22(25)21(23(26)14-20)12-17-5-8-24(28)18(11-17)10-16-3-6-19(27)7-4-16/h3-8,11,13-14,28H,2,9-10,12,15H2,1H3,(H,29,30). The summed E-state index contributed by atoms with van der Waals surface area (Å²) in [5, 5.41) is 11.0. The third-order valence-electron chi connectivity index (χ3n) is 4.95. The number of halogens is 3. The maximum Gasteiger partial charge on any atom is 0.236 e. The lowest BCUT2D eigenvalue weighted by atomic mass is 9.98. The molecule has 1 unspecified atom stereocenters. The van der Waals surface area contributed by atoms with E-state index >= 15 is 0 Å². The van der Waals surface area contributed by atoms with E-state index in [1.807, 2.05) is 13.0 Å². The van der Waals surface area contributed by atoms with Crippen LogP contribution in [0.3, 0.4) is 0 Å². The number of phenols is 1. The monoisotopic (exact) mass is 496 g/mol. The molecule has 0 aliphatic rings. The van der Waals surface area contributed by atoms with E-state index in [1.54, 1.807) is 36.4 Å². The van der Waals surface area contributed by atoms with Gasteiger partial charge in [-0.15, -0.1) is 0 Å². The minimum absolute atomic E-state index is 0.152. The first-order valence-corrected chi connectivity index (χ1v) is 12.9. The van der Waals surface area contributed by atoms with Crippen molar-refractivity contribution in [2.24, 2.45) is 0 Å². The molecule has 0 fully saturated rings. The topological polar surface area (TPSA) is 66.8 Å². The van der Waals surface area contributed by atoms with Crippen LogP contribution in [0.2, 0.25) is 10.0 Å². The summed E-state index contributed by atoms with van der Waals surface area (Å²) < 4.78 is 30.6. The van der Waals surface area contributed by atoms with Crippen molar-refractivity contribution in [3.8, 4) is 11.5 Å². The Labute approximate surface area is 197 Å². The number of hydrogen-bond donors (Lipinski definition) is 2. The lowest BCUT2D eigenvalue weighted by Gasteiger charge is -2.15. The number of hydrogen-bond acceptors (Lipinski definition) is 3. The van der Waals surface area contributed by atoms with Crippen molar-refractivity contribution in [3.05, 3.63) is 92.7 Å². The molecule has 0 saturated carbocycles. The molecule has 0 radical (unpaired) electrons. The lowest BCUT2D eigenvalue weighted by molar-refractivity contribution is 0.349. The van der Waals surface area contributed by atoms with Crippen LogP contribution in [0.15, 0.2) is 54.6 Å². The molecule has 0 bridgehead atoms. The van der Waals surface area contributed by atoms with Crippen LogP contribution in [0.25, 0.3) is 0 Å². The van der Waals surface area contributed by atoms with Gasteiger partial charge in [0.25, 0.3) is 0 Å². The smallest absolute Gasteiger partial charge is 0.236 e. The van der Waals surface area contributed by atoms with Gasteiger partial charge < -0.3 is 14.7 Å². The van der Waals surface area contributed by atoms with Crippen molar-refractivity contribution >= 4 is 30.6 Å². The molecule has 8 heteroatoms. The van der Waals surface area contributed by atoms with Gasteiger partial charge in [-0.3, -0.25) is 4.57 Å². The molecule has 0 spiro atoms. The molecule has 2 N–H and O–H groups in total. The third-order valence-corrected chi connectivity index (χ3v) is 7.31. The van der Waals surface area contributed by atoms with Gasteiger partial charge in [0, 0.05) is 29.0 Å². The maximum atomic E-state index is 13.1. The van der Waals surface area contributed by atoms with E-state index in [9.17, 15) is 19.0 Å². The first kappa shape index (κ1) is 24.6. The van der Waals surface area contributed by atoms with Gasteiger partial charge in [0.15, 0.2) is 6.35 Å². The van der Waals surface area contributed by atoms with Gasteiger partial charge in [-0.2, -0.15) is 0 Å². The zero-order valence-electron chi connectivity index (χ0n) is 17.5. The normalized spacial score (nSPS) is 13.0. The summed E-state index contributed by atoms with van der Waals surface area (Å²) >= 11 is 12.9. The van der Waals surface area contributed by atoms with Gasteiger partial charge in [0.2, 0.25) is 7.37 Å². The van der Waals surface area contributed by atoms with Crippen molar-refractivity contribution in [2.45, 2.75) is 26.2 Å². The van der Waals surface area contributed by atoms with Crippen molar-refractivity contribution in [1.82, 2.24) is 0 Å². The second-order valence-corrected chi connectivity index (χ2v) is 10.9. The molecule has 170 valence electrons. The fraction of sp³-hybridized carbons (Fsp3) is 0.250. The molecule has 1 atom stereocenters. The molecule has 0 heterocycles. The minimum Gasteiger partial charge on any atom is -0.508 e. The Kier molecular flexibility index (Phi) is 8.24. The Morgan fingerprint density at radius 2 is 1.59 bits per heavy atom. The highest BCUT2D eigenvalue weighted by Crippen LogP contribution is 2.42. The molecule has 0 amide bonds. The first-order valence-electron chi connectivity index (χ1n) is 10.1. The zero-order chi connectivity index (χ0) is 23.3. The van der Waals surface area contributed by atoms with Crippen LogP contribution in [0.5, 0.6) is 11.5 Å². The summed E-state index contributed by atoms with van der Waals surface area (Å²) in [5.41, 5.74) is 3.15. The van der Waals surface area contributed by atoms with Crippen LogP contribution in [-0.4, -0.2) is 22.5 Å². The molecular formula is C24H24Cl2FO4P. The lowest BCUT2D eigenvalue weighted by Crippen LogP contribution is -2.02. The summed E-state index contributed by atoms with van der Waals surface area (Å²) in [4.78, 5) is 9.86. The fourth-order valence-corrected chi connectivity index (χ4v) is 5.12. The number of rotatable bonds is 9. The van der Waals surface area contributed by atoms with Crippen LogP contribution >= 0.6 is 30.6 Å². The largest absolute Gasteiger partial charge is 0.508 e. The molecule has 0 aromatic heterocycles. The van der Waals surface area contributed by atoms with Crippen LogP contribution in [0.1, 0.15) is 35.6 Å². The summed E-state index contributed by atoms with van der Waals surface area (Å²) in [6, 6.07) is 14.5. The highest BCUT2D eigenvalue weighted by atomic mass is 35.5. The fourth-order valence-electron chi connectivity index (χ4n) is 3.34. The Bertz CT molecular complexity index is 1110. The van der Waals surface area contributed by atoms with E-state index in [0.717, 1.165) is 11.1 Å². The van der Waals surface area contributed by atoms with E-state index in [1.165, 1.54) is 12.1 Å². The van der Waals surface area contributed by atoms with Crippen molar-refractivity contribution in [2.75, 3.05) is 12.5 Å². The van der Waals surface area contributed by atoms with Gasteiger partial charge in [-0.05, 0) is 59.0 Å². The molecule has 0 aliphatic heterocycles. The average molecular weight is 497 g/mol. The number of aromatic hydroxyl groups is 1. The SMILES string of the molecule is CCCP(=O)(O)COc1cc(Cl)c(Cc2ccc(O)c(Cc3ccc(F)cc3)c2)c(Cl)c1. The van der Waals surface area contributed by atoms with E-state index in [2.05, 4.69) is 0 Å². The summed E-state index contributed by atoms with van der Waals surface area (Å²) in [6.07, 6.45) is 1.36. The highest BCUT2D eigenvalue weighted by molar-refractivity contribution is 7.57. The summed E-state index contributed by atoms with van der Waals surface area (Å²) in [7, 11) is -3.35. The van der Waals surface area contributed by atoms with Crippen molar-refractivity contribution < 1.29 is 23.7 Å². The van der Waals surface area contributed by atoms with Crippen molar-refractivity contribution in [1.29, 1.82) is 0 Å². The van der Waals surface area contributed by atoms with Gasteiger partial charge in [0.05, 0.1) is 0 Å². The van der Waals surface area contributed by atoms with Crippen LogP contribution in [-0.2, 0) is 17.4 Å². The van der Waals surface area contributed by atoms with E-state index in [4.69, 9.17) is 27.9 Å². The van der Waals surface area contributed by atoms with Gasteiger partial charge in [-0.25, -0.2) is 4.39 Å². The van der Waals surface area contributed by atoms with Crippen LogP contribution in [0.4, 0.5) is 4.39 Å². The number of phenolic OH excluding ortho intramolecular Hbond substituents is 1. The van der Waals surface area contributed by atoms with Crippen LogP contribution in [0, 0.1) is 5.82 Å². The van der Waals surface area contributed by atoms with E-state index in [0.29, 0.717) is 46.2 Å². The molecule has 0 saturated heterocycles. The molecular weight excluding hydrogens is 473 g/mol. The molecule has 0 aliphatic carbocycles. The molecule has 4 nitrogen and oxygen atoms in total. The Hall–Kier alpha value is -2.04. The second-order valence-electron chi connectivity index (χ2n) is 7.65. The average Bonchev–Trinajstić information content (AvgIpc) is 2.73. The van der Waals surface area contributed by atoms with Gasteiger partial charge in [-0.1, -0.05) is 54.4 Å². The quantitative estimate of drug-likeness (QED) is 0.312. The second kappa shape index (κ2) is 10.7. The molecule has 3 rings (SSSR count). The minimum atomic E-state index is -3.35. The Morgan fingerprint density at radius 3 is 2.22 bits per heavy atom. The predicted molar refractivity (Wildman–Crippen MR) is 127 cm³/mol. The Morgan fingerprint density at radius 1 is 0.969 bits per heavy atom. The third kappa shape index (κ3) is 6.73. The summed E-state index contributed by atoms with van der Waals surface area (Å²) in [6.45, 7) is 1.83. The highest BCUT2D eigenvalue weighted by Gasteiger charge is 2.19.